The lowest BCUT2D eigenvalue weighted by Gasteiger charge is -2.43. The van der Waals surface area contributed by atoms with Crippen molar-refractivity contribution >= 4 is 26.5 Å². The zero-order valence-corrected chi connectivity index (χ0v) is 25.3. The molecule has 0 saturated carbocycles. The van der Waals surface area contributed by atoms with Gasteiger partial charge in [0.15, 0.2) is 4.90 Å². The Morgan fingerprint density at radius 1 is 0.800 bits per heavy atom. The van der Waals surface area contributed by atoms with Crippen LogP contribution in [0, 0.1) is 12.3 Å². The average Bonchev–Trinajstić information content (AvgIpc) is 3.38. The number of ether oxygens (including phenoxy) is 1. The summed E-state index contributed by atoms with van der Waals surface area (Å²) in [5.74, 6) is 0.123. The number of allylic oxidation sites excluding steroid dienone is 4. The van der Waals surface area contributed by atoms with E-state index in [1.54, 1.807) is 0 Å². The molecule has 0 radical (unpaired) electrons. The quantitative estimate of drug-likeness (QED) is 0.105. The second-order valence-corrected chi connectivity index (χ2v) is 21.6. The number of rotatable bonds is 0. The molecule has 3 nitrogen and oxygen atoms in total. The third-order valence-corrected chi connectivity index (χ3v) is 23.8. The molecule has 0 bridgehead atoms. The number of hydrogen-bond acceptors (Lipinski definition) is 3. The molecule has 35 heavy (non-hydrogen) atoms. The van der Waals surface area contributed by atoms with Gasteiger partial charge >= 0.3 is 11.9 Å². The van der Waals surface area contributed by atoms with Gasteiger partial charge in [-0.15, -0.1) is 0 Å². The number of carbonyl (C=O) groups is 2. The second kappa shape index (κ2) is 11.2. The molecule has 5 rings (SSSR count). The molecule has 1 aliphatic carbocycles. The summed E-state index contributed by atoms with van der Waals surface area (Å²) in [6, 6.07) is 0. The lowest BCUT2D eigenvalue weighted by atomic mass is 10.1. The van der Waals surface area contributed by atoms with E-state index in [4.69, 9.17) is 4.74 Å². The first kappa shape index (κ1) is 28.7. The Labute approximate surface area is 216 Å². The molecule has 2 spiro atoms. The molecule has 5 aliphatic rings. The minimum Gasteiger partial charge on any atom is -0.381 e. The van der Waals surface area contributed by atoms with Crippen LogP contribution in [-0.4, -0.2) is 40.0 Å². The highest BCUT2D eigenvalue weighted by Crippen LogP contribution is 3.05. The summed E-state index contributed by atoms with van der Waals surface area (Å²) in [7, 11) is -3.43. The largest absolute Gasteiger partial charge is 0.386 e. The first-order chi connectivity index (χ1) is 16.5. The highest BCUT2D eigenvalue weighted by atomic mass is 31.2. The molecule has 0 aromatic heterocycles. The maximum atomic E-state index is 12.9. The van der Waals surface area contributed by atoms with Crippen molar-refractivity contribution in [3.05, 3.63) is 41.4 Å². The standard InChI is InChI=1S/C19H30O3P2.C8H12.C3H7/c1-11-9-14(4)23(10-11)15-16(18(21)22-17(15)20)24(19(23,5)6)12(2)7-8-13(24)3;1-2-4-6-8-7-5-3-1;1-3-2/h11-14H,7-10H2,1-6H3;1-2,7-8H,3-6H2;3H,1-2H3/q+2;;+1/b;2-1-,8-7?;/t11-,12-,13-,14-,23?;;/m1../s1. The lowest BCUT2D eigenvalue weighted by Crippen LogP contribution is -2.36. The normalized spacial score (nSPS) is 37.1. The van der Waals surface area contributed by atoms with Crippen molar-refractivity contribution < 1.29 is 14.3 Å². The molecule has 0 aromatic rings. The molecule has 1 unspecified atom stereocenters. The van der Waals surface area contributed by atoms with Crippen LogP contribution in [0.5, 0.6) is 0 Å². The van der Waals surface area contributed by atoms with Crippen LogP contribution >= 0.6 is 14.5 Å². The fourth-order valence-corrected chi connectivity index (χ4v) is 26.3. The van der Waals surface area contributed by atoms with Crippen LogP contribution in [0.4, 0.5) is 0 Å². The predicted octanol–water partition coefficient (Wildman–Crippen LogP) is 8.97. The van der Waals surface area contributed by atoms with E-state index in [-0.39, 0.29) is 16.8 Å². The van der Waals surface area contributed by atoms with Crippen LogP contribution in [0.25, 0.3) is 0 Å². The van der Waals surface area contributed by atoms with Gasteiger partial charge in [0.25, 0.3) is 0 Å². The van der Waals surface area contributed by atoms with E-state index in [1.807, 2.05) is 20.3 Å². The van der Waals surface area contributed by atoms with Crippen LogP contribution in [0.15, 0.2) is 34.9 Å². The molecule has 194 valence electrons. The fourth-order valence-electron chi connectivity index (χ4n) is 8.18. The van der Waals surface area contributed by atoms with Gasteiger partial charge < -0.3 is 4.74 Å². The minimum absolute atomic E-state index is 0.124. The molecule has 4 aliphatic heterocycles. The van der Waals surface area contributed by atoms with Gasteiger partial charge in [0.1, 0.15) is 14.5 Å². The third-order valence-electron chi connectivity index (χ3n) is 9.27. The van der Waals surface area contributed by atoms with Crippen molar-refractivity contribution in [2.24, 2.45) is 5.92 Å². The predicted molar refractivity (Wildman–Crippen MR) is 155 cm³/mol. The zero-order chi connectivity index (χ0) is 26.0. The number of carbonyl (C=O) groups excluding carboxylic acids is 2. The molecule has 5 heteroatoms. The van der Waals surface area contributed by atoms with E-state index in [1.165, 1.54) is 44.9 Å². The van der Waals surface area contributed by atoms with Crippen molar-refractivity contribution in [2.75, 3.05) is 6.16 Å². The van der Waals surface area contributed by atoms with Crippen molar-refractivity contribution in [2.45, 2.75) is 122 Å². The van der Waals surface area contributed by atoms with Gasteiger partial charge in [0.2, 0.25) is 10.6 Å². The molecule has 2 fully saturated rings. The van der Waals surface area contributed by atoms with Crippen molar-refractivity contribution in [3.63, 3.8) is 0 Å². The van der Waals surface area contributed by atoms with E-state index < -0.39 is 14.5 Å². The highest BCUT2D eigenvalue weighted by molar-refractivity contribution is 8.03. The summed E-state index contributed by atoms with van der Waals surface area (Å²) in [6.07, 6.45) is 20.7. The van der Waals surface area contributed by atoms with E-state index >= 15 is 0 Å². The molecular formula is C30H49O3P2+3. The molecule has 2 saturated heterocycles. The number of hydrogen-bond donors (Lipinski definition) is 0. The Balaban J connectivity index is 0.000000260. The summed E-state index contributed by atoms with van der Waals surface area (Å²) in [4.78, 5) is 25.9. The van der Waals surface area contributed by atoms with Crippen LogP contribution in [0.2, 0.25) is 0 Å². The lowest BCUT2D eigenvalue weighted by molar-refractivity contribution is -0.150. The van der Waals surface area contributed by atoms with E-state index in [9.17, 15) is 9.59 Å². The van der Waals surface area contributed by atoms with Crippen LogP contribution < -0.4 is 0 Å². The number of cyclic esters (lactones) is 2. The van der Waals surface area contributed by atoms with Gasteiger partial charge in [-0.1, -0.05) is 31.2 Å². The van der Waals surface area contributed by atoms with Gasteiger partial charge in [0, 0.05) is 13.8 Å². The van der Waals surface area contributed by atoms with Gasteiger partial charge in [-0.2, -0.15) is 0 Å². The van der Waals surface area contributed by atoms with Crippen molar-refractivity contribution in [1.29, 1.82) is 0 Å². The second-order valence-electron chi connectivity index (χ2n) is 11.8. The maximum absolute atomic E-state index is 12.9. The van der Waals surface area contributed by atoms with Gasteiger partial charge in [-0.3, -0.25) is 0 Å². The van der Waals surface area contributed by atoms with E-state index in [0.29, 0.717) is 22.9 Å². The molecule has 5 atom stereocenters. The molecule has 0 N–H and O–H groups in total. The Morgan fingerprint density at radius 3 is 1.63 bits per heavy atom. The summed E-state index contributed by atoms with van der Waals surface area (Å²) in [5.41, 5.74) is 1.65. The zero-order valence-electron chi connectivity index (χ0n) is 23.5. The number of esters is 2. The Kier molecular flexibility index (Phi) is 9.19. The van der Waals surface area contributed by atoms with Gasteiger partial charge in [-0.05, 0) is 71.6 Å². The van der Waals surface area contributed by atoms with E-state index in [0.717, 1.165) is 16.8 Å². The SMILES string of the molecule is C1=CCC/C=C\CC1.C[C@@H]1C[C@@H](C)[P+]2(C1)C1=C(C(=O)OC1=O)[P+]1([C@H](C)CC[C@H]1C)C2(C)C.C[CH+]C. The van der Waals surface area contributed by atoms with Crippen molar-refractivity contribution in [1.82, 2.24) is 0 Å². The number of fused-ring (bicyclic) bond motifs is 2. The molecule has 4 heterocycles. The molecular weight excluding hydrogens is 470 g/mol. The summed E-state index contributed by atoms with van der Waals surface area (Å²) >= 11 is 0. The molecule has 0 aromatic carbocycles. The van der Waals surface area contributed by atoms with Crippen LogP contribution in [-0.2, 0) is 14.3 Å². The Morgan fingerprint density at radius 2 is 1.23 bits per heavy atom. The highest BCUT2D eigenvalue weighted by Gasteiger charge is 2.88. The fraction of sp³-hybridized carbons (Fsp3) is 0.700. The Hall–Kier alpha value is -0.910. The van der Waals surface area contributed by atoms with Crippen LogP contribution in [0.3, 0.4) is 0 Å². The maximum Gasteiger partial charge on any atom is 0.386 e. The Bertz CT molecular complexity index is 863. The van der Waals surface area contributed by atoms with Gasteiger partial charge in [0.05, 0.1) is 43.4 Å². The molecule has 0 amide bonds. The van der Waals surface area contributed by atoms with Crippen molar-refractivity contribution in [3.8, 4) is 0 Å². The topological polar surface area (TPSA) is 43.4 Å². The monoisotopic (exact) mass is 519 g/mol. The van der Waals surface area contributed by atoms with Gasteiger partial charge in [-0.25, -0.2) is 9.59 Å². The van der Waals surface area contributed by atoms with Crippen LogP contribution in [0.1, 0.15) is 100 Å². The van der Waals surface area contributed by atoms with E-state index in [2.05, 4.69) is 65.8 Å². The third kappa shape index (κ3) is 4.42. The first-order valence-corrected chi connectivity index (χ1v) is 17.8. The summed E-state index contributed by atoms with van der Waals surface area (Å²) in [5, 5.41) is 1.87. The smallest absolute Gasteiger partial charge is 0.381 e. The average molecular weight is 520 g/mol. The minimum atomic E-state index is -1.72. The first-order valence-electron chi connectivity index (χ1n) is 13.9. The summed E-state index contributed by atoms with van der Waals surface area (Å²) in [6.45, 7) is 18.3. The summed E-state index contributed by atoms with van der Waals surface area (Å²) < 4.78 is 5.28.